The zero-order chi connectivity index (χ0) is 18.1. The molecule has 1 saturated heterocycles. The molecular formula is C22H22N2O2. The van der Waals surface area contributed by atoms with Gasteiger partial charge in [-0.3, -0.25) is 4.79 Å². The molecule has 4 heteroatoms. The standard InChI is InChI=1S/C22H22N2O2/c1-15(25)19-8-9-22(23-13-19)24-11-10-20(21(26)14-24)18-7-6-16-4-2-3-5-17(16)12-18/h2-9,12-13,20-21,26H,10-11,14H2,1H3/t20-,21+/m0/s1. The number of pyridine rings is 1. The lowest BCUT2D eigenvalue weighted by molar-refractivity contribution is 0.101. The van der Waals surface area contributed by atoms with Crippen molar-refractivity contribution in [3.63, 3.8) is 0 Å². The van der Waals surface area contributed by atoms with E-state index in [2.05, 4.69) is 40.2 Å². The number of carbonyl (C=O) groups is 1. The highest BCUT2D eigenvalue weighted by Crippen LogP contribution is 2.32. The van der Waals surface area contributed by atoms with Crippen LogP contribution in [-0.4, -0.2) is 35.1 Å². The number of piperidine rings is 1. The molecule has 4 nitrogen and oxygen atoms in total. The third-order valence-corrected chi connectivity index (χ3v) is 5.26. The van der Waals surface area contributed by atoms with Crippen molar-refractivity contribution in [3.05, 3.63) is 71.9 Å². The van der Waals surface area contributed by atoms with Gasteiger partial charge in [0.05, 0.1) is 6.10 Å². The Morgan fingerprint density at radius 2 is 1.92 bits per heavy atom. The van der Waals surface area contributed by atoms with Crippen LogP contribution < -0.4 is 4.90 Å². The molecule has 26 heavy (non-hydrogen) atoms. The van der Waals surface area contributed by atoms with E-state index >= 15 is 0 Å². The van der Waals surface area contributed by atoms with Crippen LogP contribution in [-0.2, 0) is 0 Å². The third kappa shape index (κ3) is 3.20. The topological polar surface area (TPSA) is 53.4 Å². The van der Waals surface area contributed by atoms with Crippen molar-refractivity contribution in [1.29, 1.82) is 0 Å². The maximum atomic E-state index is 11.4. The second-order valence-electron chi connectivity index (χ2n) is 6.98. The molecule has 1 fully saturated rings. The smallest absolute Gasteiger partial charge is 0.161 e. The number of nitrogens with zero attached hydrogens (tertiary/aromatic N) is 2. The molecule has 0 saturated carbocycles. The Bertz CT molecular complexity index is 936. The summed E-state index contributed by atoms with van der Waals surface area (Å²) in [5.74, 6) is 0.956. The SMILES string of the molecule is CC(=O)c1ccc(N2CC[C@@H](c3ccc4ccccc4c3)[C@H](O)C2)nc1. The Morgan fingerprint density at radius 3 is 2.62 bits per heavy atom. The van der Waals surface area contributed by atoms with Gasteiger partial charge in [-0.05, 0) is 41.8 Å². The van der Waals surface area contributed by atoms with Crippen LogP contribution in [0, 0.1) is 0 Å². The van der Waals surface area contributed by atoms with Gasteiger partial charge in [-0.1, -0.05) is 42.5 Å². The molecule has 0 bridgehead atoms. The number of Topliss-reactive ketones (excluding diaryl/α,β-unsaturated/α-hetero) is 1. The summed E-state index contributed by atoms with van der Waals surface area (Å²) in [6.45, 7) is 2.92. The Morgan fingerprint density at radius 1 is 1.12 bits per heavy atom. The molecule has 3 aromatic rings. The molecule has 1 N–H and O–H groups in total. The average molecular weight is 346 g/mol. The lowest BCUT2D eigenvalue weighted by atomic mass is 9.86. The van der Waals surface area contributed by atoms with Crippen molar-refractivity contribution in [1.82, 2.24) is 4.98 Å². The number of rotatable bonds is 3. The first-order valence-electron chi connectivity index (χ1n) is 9.00. The molecule has 0 unspecified atom stereocenters. The van der Waals surface area contributed by atoms with Gasteiger partial charge in [-0.2, -0.15) is 0 Å². The van der Waals surface area contributed by atoms with E-state index in [1.54, 1.807) is 12.3 Å². The van der Waals surface area contributed by atoms with E-state index in [1.807, 2.05) is 18.2 Å². The van der Waals surface area contributed by atoms with Crippen LogP contribution in [0.3, 0.4) is 0 Å². The molecule has 2 aromatic carbocycles. The Labute approximate surface area is 153 Å². The lowest BCUT2D eigenvalue weighted by Crippen LogP contribution is -2.43. The van der Waals surface area contributed by atoms with Gasteiger partial charge in [0, 0.05) is 30.8 Å². The quantitative estimate of drug-likeness (QED) is 0.733. The van der Waals surface area contributed by atoms with Crippen molar-refractivity contribution in [2.45, 2.75) is 25.4 Å². The number of aliphatic hydroxyl groups excluding tert-OH is 1. The molecule has 0 spiro atoms. The first-order chi connectivity index (χ1) is 12.6. The number of aliphatic hydroxyl groups is 1. The van der Waals surface area contributed by atoms with Gasteiger partial charge in [-0.25, -0.2) is 4.98 Å². The van der Waals surface area contributed by atoms with E-state index in [0.717, 1.165) is 18.8 Å². The monoisotopic (exact) mass is 346 g/mol. The minimum absolute atomic E-state index is 0.0131. The molecule has 1 aliphatic heterocycles. The number of hydrogen-bond donors (Lipinski definition) is 1. The highest BCUT2D eigenvalue weighted by atomic mass is 16.3. The fourth-order valence-electron chi connectivity index (χ4n) is 3.75. The van der Waals surface area contributed by atoms with Crippen LogP contribution in [0.2, 0.25) is 0 Å². The zero-order valence-corrected chi connectivity index (χ0v) is 14.8. The van der Waals surface area contributed by atoms with E-state index in [9.17, 15) is 9.90 Å². The number of fused-ring (bicyclic) bond motifs is 1. The van der Waals surface area contributed by atoms with Gasteiger partial charge in [0.15, 0.2) is 5.78 Å². The number of aromatic nitrogens is 1. The van der Waals surface area contributed by atoms with E-state index in [1.165, 1.54) is 23.3 Å². The molecule has 0 radical (unpaired) electrons. The van der Waals surface area contributed by atoms with Crippen molar-refractivity contribution >= 4 is 22.4 Å². The number of hydrogen-bond acceptors (Lipinski definition) is 4. The maximum Gasteiger partial charge on any atom is 0.161 e. The minimum Gasteiger partial charge on any atom is -0.391 e. The summed E-state index contributed by atoms with van der Waals surface area (Å²) in [5, 5.41) is 13.2. The Kier molecular flexibility index (Phi) is 4.43. The number of carbonyl (C=O) groups excluding carboxylic acids is 1. The van der Waals surface area contributed by atoms with E-state index in [-0.39, 0.29) is 11.7 Å². The summed E-state index contributed by atoms with van der Waals surface area (Å²) >= 11 is 0. The Balaban J connectivity index is 1.51. The summed E-state index contributed by atoms with van der Waals surface area (Å²) in [6.07, 6.45) is 2.04. The largest absolute Gasteiger partial charge is 0.391 e. The molecular weight excluding hydrogens is 324 g/mol. The molecule has 1 aliphatic rings. The molecule has 2 heterocycles. The maximum absolute atomic E-state index is 11.4. The summed E-state index contributed by atoms with van der Waals surface area (Å²) in [6, 6.07) is 18.4. The summed E-state index contributed by atoms with van der Waals surface area (Å²) in [7, 11) is 0. The van der Waals surface area contributed by atoms with Gasteiger partial charge >= 0.3 is 0 Å². The molecule has 0 aliphatic carbocycles. The van der Waals surface area contributed by atoms with Gasteiger partial charge in [0.2, 0.25) is 0 Å². The van der Waals surface area contributed by atoms with Crippen molar-refractivity contribution in [2.75, 3.05) is 18.0 Å². The second-order valence-corrected chi connectivity index (χ2v) is 6.98. The summed E-state index contributed by atoms with van der Waals surface area (Å²) in [5.41, 5.74) is 1.80. The number of β-amino-alcohol motifs (C(OH)–C–C–N with tert-alkyl or cyclic N) is 1. The first-order valence-corrected chi connectivity index (χ1v) is 9.00. The highest BCUT2D eigenvalue weighted by molar-refractivity contribution is 5.93. The molecule has 1 aromatic heterocycles. The van der Waals surface area contributed by atoms with Crippen LogP contribution in [0.15, 0.2) is 60.8 Å². The normalized spacial score (nSPS) is 20.3. The summed E-state index contributed by atoms with van der Waals surface area (Å²) in [4.78, 5) is 17.9. The van der Waals surface area contributed by atoms with Crippen molar-refractivity contribution in [2.24, 2.45) is 0 Å². The molecule has 132 valence electrons. The minimum atomic E-state index is -0.445. The number of ketones is 1. The fourth-order valence-corrected chi connectivity index (χ4v) is 3.75. The predicted octanol–water partition coefficient (Wildman–Crippen LogP) is 3.79. The van der Waals surface area contributed by atoms with Crippen LogP contribution in [0.5, 0.6) is 0 Å². The second kappa shape index (κ2) is 6.89. The van der Waals surface area contributed by atoms with Gasteiger partial charge in [0.1, 0.15) is 5.82 Å². The van der Waals surface area contributed by atoms with E-state index in [4.69, 9.17) is 0 Å². The summed E-state index contributed by atoms with van der Waals surface area (Å²) < 4.78 is 0. The molecule has 4 rings (SSSR count). The van der Waals surface area contributed by atoms with Crippen molar-refractivity contribution < 1.29 is 9.90 Å². The lowest BCUT2D eigenvalue weighted by Gasteiger charge is -2.37. The van der Waals surface area contributed by atoms with Crippen LogP contribution >= 0.6 is 0 Å². The van der Waals surface area contributed by atoms with Gasteiger partial charge in [0.25, 0.3) is 0 Å². The Hall–Kier alpha value is -2.72. The number of anilines is 1. The van der Waals surface area contributed by atoms with Gasteiger partial charge < -0.3 is 10.0 Å². The fraction of sp³-hybridized carbons (Fsp3) is 0.273. The van der Waals surface area contributed by atoms with E-state index < -0.39 is 6.10 Å². The van der Waals surface area contributed by atoms with Gasteiger partial charge in [-0.15, -0.1) is 0 Å². The zero-order valence-electron chi connectivity index (χ0n) is 14.8. The predicted molar refractivity (Wildman–Crippen MR) is 104 cm³/mol. The van der Waals surface area contributed by atoms with Crippen LogP contribution in [0.4, 0.5) is 5.82 Å². The van der Waals surface area contributed by atoms with E-state index in [0.29, 0.717) is 12.1 Å². The third-order valence-electron chi connectivity index (χ3n) is 5.26. The average Bonchev–Trinajstić information content (AvgIpc) is 2.67. The number of benzene rings is 2. The van der Waals surface area contributed by atoms with Crippen LogP contribution in [0.1, 0.15) is 35.2 Å². The molecule has 2 atom stereocenters. The molecule has 0 amide bonds. The van der Waals surface area contributed by atoms with Crippen LogP contribution in [0.25, 0.3) is 10.8 Å². The highest BCUT2D eigenvalue weighted by Gasteiger charge is 2.29. The first kappa shape index (κ1) is 16.7. The van der Waals surface area contributed by atoms with Crippen molar-refractivity contribution in [3.8, 4) is 0 Å².